The highest BCUT2D eigenvalue weighted by atomic mass is 19.4. The summed E-state index contributed by atoms with van der Waals surface area (Å²) in [6.45, 7) is 0.171. The Kier molecular flexibility index (Phi) is 4.95. The van der Waals surface area contributed by atoms with E-state index in [-0.39, 0.29) is 24.6 Å². The van der Waals surface area contributed by atoms with Gasteiger partial charge in [-0.2, -0.15) is 0 Å². The standard InChI is InChI=1S/C15H18F3NO3/c16-15(17,18)22-12-5-3-4-11(8-12)9-13(20)19-10-14(21)6-1-2-7-14/h3-5,8,21H,1-2,6-7,9-10H2,(H,19,20). The summed E-state index contributed by atoms with van der Waals surface area (Å²) in [5, 5.41) is 12.7. The number of ether oxygens (including phenoxy) is 1. The molecule has 0 radical (unpaired) electrons. The fraction of sp³-hybridized carbons (Fsp3) is 0.533. The van der Waals surface area contributed by atoms with Crippen LogP contribution in [0.5, 0.6) is 5.75 Å². The molecule has 0 heterocycles. The molecule has 1 fully saturated rings. The number of carbonyl (C=O) groups excluding carboxylic acids is 1. The van der Waals surface area contributed by atoms with E-state index in [1.807, 2.05) is 0 Å². The van der Waals surface area contributed by atoms with Crippen molar-refractivity contribution in [2.75, 3.05) is 6.54 Å². The molecule has 22 heavy (non-hydrogen) atoms. The molecule has 0 atom stereocenters. The van der Waals surface area contributed by atoms with Gasteiger partial charge in [0.25, 0.3) is 0 Å². The Morgan fingerprint density at radius 2 is 2.00 bits per heavy atom. The van der Waals surface area contributed by atoms with Crippen LogP contribution in [-0.2, 0) is 11.2 Å². The number of nitrogens with one attached hydrogen (secondary N) is 1. The summed E-state index contributed by atoms with van der Waals surface area (Å²) in [5.74, 6) is -0.697. The van der Waals surface area contributed by atoms with Gasteiger partial charge in [0, 0.05) is 6.54 Å². The zero-order chi connectivity index (χ0) is 16.2. The molecule has 1 aliphatic rings. The molecule has 1 amide bonds. The summed E-state index contributed by atoms with van der Waals surface area (Å²) < 4.78 is 40.2. The van der Waals surface area contributed by atoms with Crippen LogP contribution in [0.2, 0.25) is 0 Å². The molecule has 0 saturated heterocycles. The highest BCUT2D eigenvalue weighted by Crippen LogP contribution is 2.28. The number of aliphatic hydroxyl groups is 1. The van der Waals surface area contributed by atoms with Gasteiger partial charge in [0.1, 0.15) is 5.75 Å². The predicted octanol–water partition coefficient (Wildman–Crippen LogP) is 2.55. The monoisotopic (exact) mass is 317 g/mol. The summed E-state index contributed by atoms with van der Waals surface area (Å²) >= 11 is 0. The average Bonchev–Trinajstić information content (AvgIpc) is 2.82. The second-order valence-corrected chi connectivity index (χ2v) is 5.58. The van der Waals surface area contributed by atoms with Crippen LogP contribution < -0.4 is 10.1 Å². The predicted molar refractivity (Wildman–Crippen MR) is 73.3 cm³/mol. The molecule has 4 nitrogen and oxygen atoms in total. The van der Waals surface area contributed by atoms with E-state index in [4.69, 9.17) is 0 Å². The molecule has 1 aliphatic carbocycles. The molecule has 0 aromatic heterocycles. The second-order valence-electron chi connectivity index (χ2n) is 5.58. The van der Waals surface area contributed by atoms with Crippen molar-refractivity contribution >= 4 is 5.91 Å². The third kappa shape index (κ3) is 5.22. The molecule has 2 N–H and O–H groups in total. The van der Waals surface area contributed by atoms with E-state index in [0.29, 0.717) is 18.4 Å². The molecule has 1 saturated carbocycles. The minimum Gasteiger partial charge on any atom is -0.406 e. The molecule has 1 aromatic rings. The van der Waals surface area contributed by atoms with E-state index in [1.54, 1.807) is 6.07 Å². The smallest absolute Gasteiger partial charge is 0.406 e. The molecule has 0 bridgehead atoms. The summed E-state index contributed by atoms with van der Waals surface area (Å²) in [4.78, 5) is 11.8. The van der Waals surface area contributed by atoms with Crippen molar-refractivity contribution in [1.82, 2.24) is 5.32 Å². The lowest BCUT2D eigenvalue weighted by molar-refractivity contribution is -0.274. The maximum atomic E-state index is 12.1. The zero-order valence-electron chi connectivity index (χ0n) is 11.9. The zero-order valence-corrected chi connectivity index (χ0v) is 11.9. The van der Waals surface area contributed by atoms with Gasteiger partial charge in [-0.15, -0.1) is 13.2 Å². The number of rotatable bonds is 5. The van der Waals surface area contributed by atoms with Crippen molar-refractivity contribution in [1.29, 1.82) is 0 Å². The first-order valence-corrected chi connectivity index (χ1v) is 7.10. The van der Waals surface area contributed by atoms with Crippen molar-refractivity contribution in [3.63, 3.8) is 0 Å². The van der Waals surface area contributed by atoms with Crippen LogP contribution in [-0.4, -0.2) is 29.5 Å². The molecular formula is C15H18F3NO3. The average molecular weight is 317 g/mol. The fourth-order valence-electron chi connectivity index (χ4n) is 2.57. The number of benzene rings is 1. The summed E-state index contributed by atoms with van der Waals surface area (Å²) in [6, 6.07) is 5.30. The molecule has 7 heteroatoms. The quantitative estimate of drug-likeness (QED) is 0.877. The molecule has 0 aliphatic heterocycles. The van der Waals surface area contributed by atoms with E-state index < -0.39 is 12.0 Å². The van der Waals surface area contributed by atoms with Gasteiger partial charge in [0.15, 0.2) is 0 Å². The summed E-state index contributed by atoms with van der Waals surface area (Å²) in [6.07, 6.45) is -1.64. The first-order chi connectivity index (χ1) is 10.3. The lowest BCUT2D eigenvalue weighted by atomic mass is 10.0. The van der Waals surface area contributed by atoms with Crippen LogP contribution >= 0.6 is 0 Å². The Morgan fingerprint density at radius 3 is 2.64 bits per heavy atom. The Balaban J connectivity index is 1.87. The number of hydrogen-bond acceptors (Lipinski definition) is 3. The third-order valence-electron chi connectivity index (χ3n) is 3.65. The van der Waals surface area contributed by atoms with E-state index in [2.05, 4.69) is 10.1 Å². The van der Waals surface area contributed by atoms with Gasteiger partial charge in [-0.05, 0) is 30.5 Å². The Bertz CT molecular complexity index is 525. The molecule has 2 rings (SSSR count). The van der Waals surface area contributed by atoms with Gasteiger partial charge in [0.05, 0.1) is 12.0 Å². The summed E-state index contributed by atoms with van der Waals surface area (Å²) in [5.41, 5.74) is -0.436. The van der Waals surface area contributed by atoms with Gasteiger partial charge in [-0.3, -0.25) is 4.79 Å². The van der Waals surface area contributed by atoms with Crippen molar-refractivity contribution in [3.05, 3.63) is 29.8 Å². The maximum absolute atomic E-state index is 12.1. The molecular weight excluding hydrogens is 299 g/mol. The van der Waals surface area contributed by atoms with Gasteiger partial charge >= 0.3 is 6.36 Å². The molecule has 0 unspecified atom stereocenters. The molecule has 122 valence electrons. The van der Waals surface area contributed by atoms with Crippen molar-refractivity contribution < 1.29 is 27.8 Å². The van der Waals surface area contributed by atoms with Crippen LogP contribution in [0.3, 0.4) is 0 Å². The van der Waals surface area contributed by atoms with Crippen molar-refractivity contribution in [3.8, 4) is 5.75 Å². The fourth-order valence-corrected chi connectivity index (χ4v) is 2.57. The largest absolute Gasteiger partial charge is 0.573 e. The van der Waals surface area contributed by atoms with Crippen LogP contribution in [0.1, 0.15) is 31.2 Å². The number of alkyl halides is 3. The Labute approximate surface area is 126 Å². The molecule has 1 aromatic carbocycles. The first kappa shape index (κ1) is 16.6. The van der Waals surface area contributed by atoms with Crippen LogP contribution in [0.4, 0.5) is 13.2 Å². The highest BCUT2D eigenvalue weighted by Gasteiger charge is 2.32. The van der Waals surface area contributed by atoms with E-state index in [1.165, 1.54) is 18.2 Å². The topological polar surface area (TPSA) is 58.6 Å². The van der Waals surface area contributed by atoms with Crippen LogP contribution in [0, 0.1) is 0 Å². The third-order valence-corrected chi connectivity index (χ3v) is 3.65. The van der Waals surface area contributed by atoms with E-state index >= 15 is 0 Å². The number of hydrogen-bond donors (Lipinski definition) is 2. The number of amides is 1. The number of carbonyl (C=O) groups is 1. The van der Waals surface area contributed by atoms with Crippen molar-refractivity contribution in [2.45, 2.75) is 44.1 Å². The Hall–Kier alpha value is -1.76. The normalized spacial score (nSPS) is 17.3. The van der Waals surface area contributed by atoms with E-state index in [0.717, 1.165) is 12.8 Å². The molecule has 0 spiro atoms. The van der Waals surface area contributed by atoms with Gasteiger partial charge in [-0.1, -0.05) is 25.0 Å². The minimum atomic E-state index is -4.76. The van der Waals surface area contributed by atoms with Crippen molar-refractivity contribution in [2.24, 2.45) is 0 Å². The lowest BCUT2D eigenvalue weighted by Crippen LogP contribution is -2.41. The Morgan fingerprint density at radius 1 is 1.32 bits per heavy atom. The van der Waals surface area contributed by atoms with Gasteiger partial charge < -0.3 is 15.2 Å². The van der Waals surface area contributed by atoms with Crippen LogP contribution in [0.15, 0.2) is 24.3 Å². The second kappa shape index (κ2) is 6.56. The minimum absolute atomic E-state index is 0.0643. The van der Waals surface area contributed by atoms with Gasteiger partial charge in [0.2, 0.25) is 5.91 Å². The van der Waals surface area contributed by atoms with Crippen LogP contribution in [0.25, 0.3) is 0 Å². The highest BCUT2D eigenvalue weighted by molar-refractivity contribution is 5.78. The van der Waals surface area contributed by atoms with E-state index in [9.17, 15) is 23.1 Å². The lowest BCUT2D eigenvalue weighted by Gasteiger charge is -2.22. The maximum Gasteiger partial charge on any atom is 0.573 e. The van der Waals surface area contributed by atoms with Gasteiger partial charge in [-0.25, -0.2) is 0 Å². The number of halogens is 3. The first-order valence-electron chi connectivity index (χ1n) is 7.10. The summed E-state index contributed by atoms with van der Waals surface area (Å²) in [7, 11) is 0. The SMILES string of the molecule is O=C(Cc1cccc(OC(F)(F)F)c1)NCC1(O)CCCC1.